The molecule has 0 heterocycles. The summed E-state index contributed by atoms with van der Waals surface area (Å²) in [7, 11) is 0. The highest BCUT2D eigenvalue weighted by Crippen LogP contribution is 2.44. The molecule has 3 amide bonds. The van der Waals surface area contributed by atoms with Crippen LogP contribution in [0.1, 0.15) is 36.3 Å². The minimum Gasteiger partial charge on any atom is -0.480 e. The van der Waals surface area contributed by atoms with Crippen molar-refractivity contribution in [1.29, 1.82) is 0 Å². The Bertz CT molecular complexity index is 1620. The highest BCUT2D eigenvalue weighted by Gasteiger charge is 2.30. The van der Waals surface area contributed by atoms with Crippen LogP contribution in [-0.4, -0.2) is 180 Å². The van der Waals surface area contributed by atoms with Crippen LogP contribution in [0.5, 0.6) is 0 Å². The summed E-state index contributed by atoms with van der Waals surface area (Å²) in [6.45, 7) is 8.10. The van der Waals surface area contributed by atoms with Crippen molar-refractivity contribution in [3.05, 3.63) is 70.1 Å². The first-order valence-electron chi connectivity index (χ1n) is 21.5. The minimum atomic E-state index is -1.32. The molecule has 0 spiro atoms. The molecule has 0 unspecified atom stereocenters. The first-order chi connectivity index (χ1) is 31.4. The Morgan fingerprint density at radius 1 is 0.578 bits per heavy atom. The van der Waals surface area contributed by atoms with Gasteiger partial charge >= 0.3 is 12.1 Å². The number of hydrogen-bond donors (Lipinski definition) is 4. The van der Waals surface area contributed by atoms with Crippen molar-refractivity contribution < 1.29 is 71.7 Å². The van der Waals surface area contributed by atoms with E-state index in [4.69, 9.17) is 52.9 Å². The van der Waals surface area contributed by atoms with Crippen molar-refractivity contribution in [2.45, 2.75) is 31.2 Å². The zero-order chi connectivity index (χ0) is 45.7. The normalized spacial score (nSPS) is 12.2. The fraction of sp³-hybridized carbons (Fsp3) is 0.628. The molecule has 356 valence electrons. The minimum absolute atomic E-state index is 0.0343. The number of carbonyl (C=O) groups is 4. The number of rotatable bonds is 40. The van der Waals surface area contributed by atoms with Crippen LogP contribution in [0, 0.1) is 0 Å². The Labute approximate surface area is 373 Å². The second-order valence-electron chi connectivity index (χ2n) is 13.8. The second-order valence-corrected chi connectivity index (χ2v) is 13.8. The standard InChI is InChI=1S/C43H64N6O15/c44-49-47-14-16-56-18-20-58-22-24-60-26-28-62-30-32-63-31-29-61-27-25-59-23-21-57-19-17-55-15-11-41(51)46-13-12-45-40(50)10-9-39(42(52)53)48-43(54)64-33-38-36-7-3-1-5-34(36)35-6-2-4-8-37(35)38/h1-8,38-39H,9-33H2,(H,45,50)(H,46,51)(H,48,54)(H,52,53)/t39-/m0/s1. The second kappa shape index (κ2) is 35.4. The molecule has 0 bridgehead atoms. The molecule has 21 heteroatoms. The fourth-order valence-corrected chi connectivity index (χ4v) is 6.07. The number of hydrogen-bond acceptors (Lipinski definition) is 15. The lowest BCUT2D eigenvalue weighted by Gasteiger charge is -2.17. The lowest BCUT2D eigenvalue weighted by atomic mass is 9.98. The molecule has 0 saturated carbocycles. The van der Waals surface area contributed by atoms with Gasteiger partial charge in [0.2, 0.25) is 11.8 Å². The molecule has 3 rings (SSSR count). The van der Waals surface area contributed by atoms with E-state index in [-0.39, 0.29) is 57.4 Å². The van der Waals surface area contributed by atoms with Crippen LogP contribution < -0.4 is 16.0 Å². The number of carboxylic acid groups (broad SMARTS) is 1. The largest absolute Gasteiger partial charge is 0.480 e. The summed E-state index contributed by atoms with van der Waals surface area (Å²) in [6, 6.07) is 14.4. The summed E-state index contributed by atoms with van der Waals surface area (Å²) in [5.74, 6) is -2.13. The van der Waals surface area contributed by atoms with Gasteiger partial charge in [-0.2, -0.15) is 0 Å². The van der Waals surface area contributed by atoms with Crippen LogP contribution in [0.25, 0.3) is 21.6 Å². The number of carbonyl (C=O) groups excluding carboxylic acids is 3. The first-order valence-corrected chi connectivity index (χ1v) is 21.5. The van der Waals surface area contributed by atoms with Crippen LogP contribution >= 0.6 is 0 Å². The third-order valence-corrected chi connectivity index (χ3v) is 9.21. The lowest BCUT2D eigenvalue weighted by molar-refractivity contribution is -0.139. The van der Waals surface area contributed by atoms with Crippen LogP contribution in [0.2, 0.25) is 0 Å². The zero-order valence-electron chi connectivity index (χ0n) is 36.5. The number of amides is 3. The number of azide groups is 1. The van der Waals surface area contributed by atoms with Crippen molar-refractivity contribution >= 4 is 23.9 Å². The highest BCUT2D eigenvalue weighted by atomic mass is 16.6. The van der Waals surface area contributed by atoms with E-state index in [1.165, 1.54) is 0 Å². The lowest BCUT2D eigenvalue weighted by Crippen LogP contribution is -2.42. The Kier molecular flexibility index (Phi) is 29.6. The number of benzene rings is 2. The topological polar surface area (TPSA) is 266 Å². The fourth-order valence-electron chi connectivity index (χ4n) is 6.07. The van der Waals surface area contributed by atoms with Gasteiger partial charge in [-0.1, -0.05) is 53.6 Å². The van der Waals surface area contributed by atoms with Gasteiger partial charge in [0.25, 0.3) is 0 Å². The molecule has 0 fully saturated rings. The molecule has 1 aliphatic rings. The molecule has 2 aromatic rings. The molecule has 0 aliphatic heterocycles. The van der Waals surface area contributed by atoms with Crippen molar-refractivity contribution in [2.75, 3.05) is 145 Å². The molecule has 0 aromatic heterocycles. The van der Waals surface area contributed by atoms with E-state index < -0.39 is 24.0 Å². The van der Waals surface area contributed by atoms with Crippen molar-refractivity contribution in [3.63, 3.8) is 0 Å². The Morgan fingerprint density at radius 2 is 0.969 bits per heavy atom. The zero-order valence-corrected chi connectivity index (χ0v) is 36.5. The summed E-state index contributed by atoms with van der Waals surface area (Å²) >= 11 is 0. The first kappa shape index (κ1) is 53.4. The molecule has 21 nitrogen and oxygen atoms in total. The number of carboxylic acids is 1. The highest BCUT2D eigenvalue weighted by molar-refractivity contribution is 5.82. The maximum atomic E-state index is 12.6. The van der Waals surface area contributed by atoms with E-state index in [9.17, 15) is 24.3 Å². The maximum absolute atomic E-state index is 12.6. The summed E-state index contributed by atoms with van der Waals surface area (Å²) < 4.78 is 54.2. The molecule has 4 N–H and O–H groups in total. The van der Waals surface area contributed by atoms with E-state index >= 15 is 0 Å². The van der Waals surface area contributed by atoms with Gasteiger partial charge in [-0.05, 0) is 34.2 Å². The Morgan fingerprint density at radius 3 is 1.39 bits per heavy atom. The van der Waals surface area contributed by atoms with Gasteiger partial charge in [0, 0.05) is 43.3 Å². The van der Waals surface area contributed by atoms with Crippen LogP contribution in [0.3, 0.4) is 0 Å². The monoisotopic (exact) mass is 904 g/mol. The maximum Gasteiger partial charge on any atom is 0.407 e. The van der Waals surface area contributed by atoms with Gasteiger partial charge in [-0.25, -0.2) is 9.59 Å². The van der Waals surface area contributed by atoms with Crippen LogP contribution in [0.4, 0.5) is 4.79 Å². The van der Waals surface area contributed by atoms with Crippen molar-refractivity contribution in [1.82, 2.24) is 16.0 Å². The third kappa shape index (κ3) is 24.2. The van der Waals surface area contributed by atoms with E-state index in [1.54, 1.807) is 0 Å². The average Bonchev–Trinajstić information content (AvgIpc) is 3.62. The summed E-state index contributed by atoms with van der Waals surface area (Å²) in [5.41, 5.74) is 12.4. The Balaban J connectivity index is 1.02. The van der Waals surface area contributed by atoms with Crippen LogP contribution in [-0.2, 0) is 61.8 Å². The van der Waals surface area contributed by atoms with Gasteiger partial charge < -0.3 is 68.4 Å². The number of ether oxygens (including phenoxy) is 10. The third-order valence-electron chi connectivity index (χ3n) is 9.21. The van der Waals surface area contributed by atoms with Crippen molar-refractivity contribution in [2.24, 2.45) is 5.11 Å². The molecule has 0 radical (unpaired) electrons. The predicted octanol–water partition coefficient (Wildman–Crippen LogP) is 2.84. The number of fused-ring (bicyclic) bond motifs is 3. The van der Waals surface area contributed by atoms with Gasteiger partial charge in [0.15, 0.2) is 0 Å². The van der Waals surface area contributed by atoms with Crippen molar-refractivity contribution in [3.8, 4) is 11.1 Å². The molecule has 1 aliphatic carbocycles. The molecule has 2 aromatic carbocycles. The quantitative estimate of drug-likeness (QED) is 0.0324. The predicted molar refractivity (Wildman–Crippen MR) is 231 cm³/mol. The number of nitrogens with one attached hydrogen (secondary N) is 3. The van der Waals surface area contributed by atoms with E-state index in [2.05, 4.69) is 26.0 Å². The van der Waals surface area contributed by atoms with Gasteiger partial charge in [0.05, 0.1) is 119 Å². The number of aliphatic carboxylic acids is 1. The summed E-state index contributed by atoms with van der Waals surface area (Å²) in [5, 5.41) is 20.7. The van der Waals surface area contributed by atoms with E-state index in [1.807, 2.05) is 48.5 Å². The van der Waals surface area contributed by atoms with Crippen LogP contribution in [0.15, 0.2) is 53.6 Å². The summed E-state index contributed by atoms with van der Waals surface area (Å²) in [6.07, 6.45) is -1.04. The van der Waals surface area contributed by atoms with Gasteiger partial charge in [0.1, 0.15) is 12.6 Å². The summed E-state index contributed by atoms with van der Waals surface area (Å²) in [4.78, 5) is 51.4. The average molecular weight is 905 g/mol. The molecular formula is C43H64N6O15. The smallest absolute Gasteiger partial charge is 0.407 e. The number of alkyl carbamates (subject to hydrolysis) is 1. The molecule has 1 atom stereocenters. The SMILES string of the molecule is [N-]=[N+]=NCCOCCOCCOCCOCCOCCOCCOCCOCCOCCC(=O)NCCNC(=O)CC[C@H](NC(=O)OCC1c2ccccc2-c2ccccc21)C(=O)O. The number of nitrogens with zero attached hydrogens (tertiary/aromatic N) is 3. The van der Waals surface area contributed by atoms with E-state index in [0.717, 1.165) is 22.3 Å². The van der Waals surface area contributed by atoms with Gasteiger partial charge in [-0.15, -0.1) is 0 Å². The van der Waals surface area contributed by atoms with Gasteiger partial charge in [-0.3, -0.25) is 9.59 Å². The molecule has 0 saturated heterocycles. The Hall–Kier alpha value is -4.93. The van der Waals surface area contributed by atoms with E-state index in [0.29, 0.717) is 119 Å². The molecular weight excluding hydrogens is 840 g/mol. The molecule has 64 heavy (non-hydrogen) atoms.